The maximum absolute atomic E-state index is 6.06. The molecule has 18 heavy (non-hydrogen) atoms. The van der Waals surface area contributed by atoms with Gasteiger partial charge in [-0.2, -0.15) is 0 Å². The molecule has 94 valence electrons. The molecular formula is C14H14Cl2N2. The van der Waals surface area contributed by atoms with E-state index < -0.39 is 0 Å². The Hall–Kier alpha value is -1.12. The highest BCUT2D eigenvalue weighted by Gasteiger charge is 2.18. The number of hydrogen-bond acceptors (Lipinski definition) is 2. The van der Waals surface area contributed by atoms with Crippen molar-refractivity contribution in [2.75, 3.05) is 0 Å². The Balaban J connectivity index is 2.52. The van der Waals surface area contributed by atoms with Crippen LogP contribution >= 0.6 is 23.2 Å². The minimum atomic E-state index is -0.0618. The summed E-state index contributed by atoms with van der Waals surface area (Å²) in [5.41, 5.74) is 1.77. The topological polar surface area (TPSA) is 25.8 Å². The van der Waals surface area contributed by atoms with E-state index in [1.54, 1.807) is 6.07 Å². The molecule has 0 saturated heterocycles. The minimum absolute atomic E-state index is 0.0618. The van der Waals surface area contributed by atoms with Crippen LogP contribution in [0.5, 0.6) is 0 Å². The summed E-state index contributed by atoms with van der Waals surface area (Å²) in [5.74, 6) is 0.629. The molecule has 0 radical (unpaired) electrons. The number of halogens is 2. The van der Waals surface area contributed by atoms with Gasteiger partial charge in [0.05, 0.1) is 5.69 Å². The van der Waals surface area contributed by atoms with Crippen molar-refractivity contribution in [3.63, 3.8) is 0 Å². The predicted molar refractivity (Wildman–Crippen MR) is 76.2 cm³/mol. The molecule has 4 heteroatoms. The molecular weight excluding hydrogens is 267 g/mol. The van der Waals surface area contributed by atoms with Crippen LogP contribution in [0.1, 0.15) is 26.5 Å². The maximum Gasteiger partial charge on any atom is 0.161 e. The molecule has 2 nitrogen and oxygen atoms in total. The average molecular weight is 281 g/mol. The summed E-state index contributed by atoms with van der Waals surface area (Å²) in [6, 6.07) is 9.22. The minimum Gasteiger partial charge on any atom is -0.232 e. The Morgan fingerprint density at radius 2 is 1.56 bits per heavy atom. The van der Waals surface area contributed by atoms with Gasteiger partial charge in [0.1, 0.15) is 5.15 Å². The zero-order chi connectivity index (χ0) is 13.3. The first-order valence-corrected chi connectivity index (χ1v) is 6.43. The molecule has 2 aromatic rings. The molecule has 0 unspecified atom stereocenters. The first-order chi connectivity index (χ1) is 8.36. The van der Waals surface area contributed by atoms with E-state index in [4.69, 9.17) is 23.2 Å². The van der Waals surface area contributed by atoms with E-state index in [1.165, 1.54) is 0 Å². The van der Waals surface area contributed by atoms with Crippen LogP contribution < -0.4 is 0 Å². The van der Waals surface area contributed by atoms with Crippen molar-refractivity contribution in [2.24, 2.45) is 0 Å². The largest absolute Gasteiger partial charge is 0.232 e. The fraction of sp³-hybridized carbons (Fsp3) is 0.286. The summed E-state index contributed by atoms with van der Waals surface area (Å²) in [6.45, 7) is 6.28. The molecule has 0 spiro atoms. The summed E-state index contributed by atoms with van der Waals surface area (Å²) >= 11 is 11.9. The monoisotopic (exact) mass is 280 g/mol. The third-order valence-electron chi connectivity index (χ3n) is 2.57. The van der Waals surface area contributed by atoms with Gasteiger partial charge in [-0.3, -0.25) is 0 Å². The van der Waals surface area contributed by atoms with Gasteiger partial charge in [0.2, 0.25) is 0 Å². The van der Waals surface area contributed by atoms with Crippen molar-refractivity contribution in [3.05, 3.63) is 46.2 Å². The van der Waals surface area contributed by atoms with E-state index in [9.17, 15) is 0 Å². The van der Waals surface area contributed by atoms with Gasteiger partial charge in [-0.05, 0) is 30.3 Å². The quantitative estimate of drug-likeness (QED) is 0.705. The normalized spacial score (nSPS) is 11.6. The van der Waals surface area contributed by atoms with E-state index >= 15 is 0 Å². The molecule has 0 aliphatic carbocycles. The molecule has 0 atom stereocenters. The fourth-order valence-electron chi connectivity index (χ4n) is 1.53. The Kier molecular flexibility index (Phi) is 3.60. The van der Waals surface area contributed by atoms with Crippen molar-refractivity contribution in [3.8, 4) is 11.4 Å². The van der Waals surface area contributed by atoms with Crippen molar-refractivity contribution >= 4 is 23.2 Å². The second kappa shape index (κ2) is 4.87. The molecule has 0 aliphatic rings. The lowest BCUT2D eigenvalue weighted by Gasteiger charge is -2.18. The van der Waals surface area contributed by atoms with Gasteiger partial charge >= 0.3 is 0 Å². The number of aromatic nitrogens is 2. The molecule has 1 aromatic carbocycles. The van der Waals surface area contributed by atoms with Gasteiger partial charge in [0.15, 0.2) is 5.82 Å². The standard InChI is InChI=1S/C14H14Cl2N2/c1-14(2,3)11-8-12(16)18-13(17-11)9-4-6-10(15)7-5-9/h4-8H,1-3H3. The lowest BCUT2D eigenvalue weighted by Crippen LogP contribution is -2.14. The van der Waals surface area contributed by atoms with Gasteiger partial charge in [0.25, 0.3) is 0 Å². The van der Waals surface area contributed by atoms with Crippen LogP contribution in [0.25, 0.3) is 11.4 Å². The first kappa shape index (κ1) is 13.3. The van der Waals surface area contributed by atoms with E-state index in [-0.39, 0.29) is 5.41 Å². The first-order valence-electron chi connectivity index (χ1n) is 5.67. The van der Waals surface area contributed by atoms with Crippen LogP contribution in [0.15, 0.2) is 30.3 Å². The molecule has 0 bridgehead atoms. The van der Waals surface area contributed by atoms with Crippen LogP contribution in [0.4, 0.5) is 0 Å². The zero-order valence-electron chi connectivity index (χ0n) is 10.5. The van der Waals surface area contributed by atoms with E-state index in [0.717, 1.165) is 11.3 Å². The van der Waals surface area contributed by atoms with Crippen molar-refractivity contribution in [1.29, 1.82) is 0 Å². The summed E-state index contributed by atoms with van der Waals surface area (Å²) in [5, 5.41) is 1.15. The van der Waals surface area contributed by atoms with Crippen molar-refractivity contribution in [1.82, 2.24) is 9.97 Å². The zero-order valence-corrected chi connectivity index (χ0v) is 12.0. The number of hydrogen-bond donors (Lipinski definition) is 0. The average Bonchev–Trinajstić information content (AvgIpc) is 2.28. The Bertz CT molecular complexity index is 557. The van der Waals surface area contributed by atoms with Crippen molar-refractivity contribution < 1.29 is 0 Å². The van der Waals surface area contributed by atoms with Gasteiger partial charge in [-0.1, -0.05) is 44.0 Å². The molecule has 1 aromatic heterocycles. The van der Waals surface area contributed by atoms with Gasteiger partial charge in [-0.25, -0.2) is 9.97 Å². The third kappa shape index (κ3) is 3.01. The third-order valence-corrected chi connectivity index (χ3v) is 3.01. The Morgan fingerprint density at radius 1 is 0.944 bits per heavy atom. The van der Waals surface area contributed by atoms with Crippen molar-refractivity contribution in [2.45, 2.75) is 26.2 Å². The summed E-state index contributed by atoms with van der Waals surface area (Å²) in [7, 11) is 0. The molecule has 0 saturated carbocycles. The van der Waals surface area contributed by atoms with E-state index in [0.29, 0.717) is 16.0 Å². The van der Waals surface area contributed by atoms with Gasteiger partial charge in [0, 0.05) is 16.0 Å². The lowest BCUT2D eigenvalue weighted by molar-refractivity contribution is 0.568. The number of nitrogens with zero attached hydrogens (tertiary/aromatic N) is 2. The Labute approximate surface area is 117 Å². The second-order valence-corrected chi connectivity index (χ2v) is 5.98. The highest BCUT2D eigenvalue weighted by molar-refractivity contribution is 6.30. The molecule has 0 amide bonds. The van der Waals surface area contributed by atoms with E-state index in [1.807, 2.05) is 24.3 Å². The summed E-state index contributed by atoms with van der Waals surface area (Å²) in [6.07, 6.45) is 0. The molecule has 0 N–H and O–H groups in total. The lowest BCUT2D eigenvalue weighted by atomic mass is 9.92. The number of rotatable bonds is 1. The van der Waals surface area contributed by atoms with Gasteiger partial charge in [-0.15, -0.1) is 0 Å². The fourth-order valence-corrected chi connectivity index (χ4v) is 1.84. The van der Waals surface area contributed by atoms with Crippen LogP contribution in [0.2, 0.25) is 10.2 Å². The number of benzene rings is 1. The molecule has 1 heterocycles. The smallest absolute Gasteiger partial charge is 0.161 e. The predicted octanol–water partition coefficient (Wildman–Crippen LogP) is 4.75. The van der Waals surface area contributed by atoms with E-state index in [2.05, 4.69) is 30.7 Å². The summed E-state index contributed by atoms with van der Waals surface area (Å²) in [4.78, 5) is 8.82. The SMILES string of the molecule is CC(C)(C)c1cc(Cl)nc(-c2ccc(Cl)cc2)n1. The van der Waals surface area contributed by atoms with Crippen LogP contribution in [-0.2, 0) is 5.41 Å². The maximum atomic E-state index is 6.06. The molecule has 2 rings (SSSR count). The van der Waals surface area contributed by atoms with Crippen LogP contribution in [0, 0.1) is 0 Å². The van der Waals surface area contributed by atoms with Crippen LogP contribution in [-0.4, -0.2) is 9.97 Å². The van der Waals surface area contributed by atoms with Gasteiger partial charge < -0.3 is 0 Å². The second-order valence-electron chi connectivity index (χ2n) is 5.16. The summed E-state index contributed by atoms with van der Waals surface area (Å²) < 4.78 is 0. The molecule has 0 aliphatic heterocycles. The van der Waals surface area contributed by atoms with Crippen LogP contribution in [0.3, 0.4) is 0 Å². The highest BCUT2D eigenvalue weighted by Crippen LogP contribution is 2.26. The molecule has 0 fully saturated rings. The Morgan fingerprint density at radius 3 is 2.11 bits per heavy atom. The highest BCUT2D eigenvalue weighted by atomic mass is 35.5.